The molecule has 140 valence electrons. The number of rotatable bonds is 4. The molecule has 0 radical (unpaired) electrons. The normalized spacial score (nSPS) is 21.4. The molecule has 3 heterocycles. The van der Waals surface area contributed by atoms with Gasteiger partial charge in [-0.3, -0.25) is 19.3 Å². The van der Waals surface area contributed by atoms with Crippen LogP contribution in [0.3, 0.4) is 0 Å². The van der Waals surface area contributed by atoms with E-state index in [1.165, 1.54) is 6.92 Å². The SMILES string of the molecule is CC(=O)Nc1ccc(C(=O)CN2C[C@H]3C[C@@H](C2)c2cccc(=O)n2C3)cc1. The second kappa shape index (κ2) is 7.12. The van der Waals surface area contributed by atoms with Crippen LogP contribution in [0, 0.1) is 5.92 Å². The van der Waals surface area contributed by atoms with Crippen molar-refractivity contribution in [2.24, 2.45) is 5.92 Å². The molecule has 6 heteroatoms. The predicted molar refractivity (Wildman–Crippen MR) is 103 cm³/mol. The number of carbonyl (C=O) groups excluding carboxylic acids is 2. The van der Waals surface area contributed by atoms with Crippen molar-refractivity contribution in [3.8, 4) is 0 Å². The molecule has 0 spiro atoms. The van der Waals surface area contributed by atoms with E-state index in [9.17, 15) is 14.4 Å². The van der Waals surface area contributed by atoms with Gasteiger partial charge in [-0.1, -0.05) is 6.07 Å². The Bertz CT molecular complexity index is 932. The molecule has 2 aliphatic heterocycles. The zero-order valence-electron chi connectivity index (χ0n) is 15.4. The van der Waals surface area contributed by atoms with Crippen LogP contribution >= 0.6 is 0 Å². The molecule has 0 aliphatic carbocycles. The van der Waals surface area contributed by atoms with E-state index in [0.717, 1.165) is 31.7 Å². The number of piperidine rings is 1. The molecular formula is C21H23N3O3. The van der Waals surface area contributed by atoms with Gasteiger partial charge in [-0.05, 0) is 42.7 Å². The van der Waals surface area contributed by atoms with Crippen LogP contribution in [-0.2, 0) is 11.3 Å². The fraction of sp³-hybridized carbons (Fsp3) is 0.381. The summed E-state index contributed by atoms with van der Waals surface area (Å²) >= 11 is 0. The number of hydrogen-bond donors (Lipinski definition) is 1. The van der Waals surface area contributed by atoms with E-state index >= 15 is 0 Å². The molecule has 6 nitrogen and oxygen atoms in total. The van der Waals surface area contributed by atoms with Gasteiger partial charge in [-0.15, -0.1) is 0 Å². The summed E-state index contributed by atoms with van der Waals surface area (Å²) in [6.07, 6.45) is 1.08. The minimum atomic E-state index is -0.131. The molecule has 1 aromatic heterocycles. The lowest BCUT2D eigenvalue weighted by molar-refractivity contribution is -0.114. The number of nitrogens with zero attached hydrogens (tertiary/aromatic N) is 2. The van der Waals surface area contributed by atoms with Crippen LogP contribution in [0.2, 0.25) is 0 Å². The summed E-state index contributed by atoms with van der Waals surface area (Å²) in [6.45, 7) is 4.21. The van der Waals surface area contributed by atoms with Crippen molar-refractivity contribution in [3.63, 3.8) is 0 Å². The molecule has 2 atom stereocenters. The lowest BCUT2D eigenvalue weighted by Crippen LogP contribution is -2.48. The van der Waals surface area contributed by atoms with Gasteiger partial charge in [0.2, 0.25) is 5.91 Å². The van der Waals surface area contributed by atoms with E-state index in [2.05, 4.69) is 10.2 Å². The fourth-order valence-corrected chi connectivity index (χ4v) is 4.36. The third kappa shape index (κ3) is 3.71. The van der Waals surface area contributed by atoms with E-state index in [4.69, 9.17) is 0 Å². The van der Waals surface area contributed by atoms with Gasteiger partial charge >= 0.3 is 0 Å². The van der Waals surface area contributed by atoms with Crippen molar-refractivity contribution in [1.82, 2.24) is 9.47 Å². The van der Waals surface area contributed by atoms with Crippen molar-refractivity contribution in [2.75, 3.05) is 25.0 Å². The maximum absolute atomic E-state index is 12.7. The number of amides is 1. The van der Waals surface area contributed by atoms with Gasteiger partial charge in [0, 0.05) is 55.5 Å². The fourth-order valence-electron chi connectivity index (χ4n) is 4.36. The van der Waals surface area contributed by atoms with Gasteiger partial charge in [-0.2, -0.15) is 0 Å². The molecule has 1 N–H and O–H groups in total. The smallest absolute Gasteiger partial charge is 0.250 e. The van der Waals surface area contributed by atoms with Gasteiger partial charge < -0.3 is 9.88 Å². The number of Topliss-reactive ketones (excluding diaryl/α,β-unsaturated/α-hetero) is 1. The Labute approximate surface area is 157 Å². The number of likely N-dealkylation sites (tertiary alicyclic amines) is 1. The Hall–Kier alpha value is -2.73. The largest absolute Gasteiger partial charge is 0.326 e. The second-order valence-electron chi connectivity index (χ2n) is 7.57. The Balaban J connectivity index is 1.44. The minimum absolute atomic E-state index is 0.0750. The summed E-state index contributed by atoms with van der Waals surface area (Å²) < 4.78 is 1.90. The highest BCUT2D eigenvalue weighted by atomic mass is 16.1. The standard InChI is InChI=1S/C21H23N3O3/c1-14(25)22-18-7-5-16(6-8-18)20(26)13-23-10-15-9-17(12-23)19-3-2-4-21(27)24(19)11-15/h2-8,15,17H,9-13H2,1H3,(H,22,25)/t15-,17+/m1/s1. The first kappa shape index (κ1) is 17.7. The van der Waals surface area contributed by atoms with E-state index in [-0.39, 0.29) is 17.2 Å². The maximum atomic E-state index is 12.7. The van der Waals surface area contributed by atoms with Crippen LogP contribution in [0.5, 0.6) is 0 Å². The number of fused-ring (bicyclic) bond motifs is 4. The number of hydrogen-bond acceptors (Lipinski definition) is 4. The highest BCUT2D eigenvalue weighted by molar-refractivity contribution is 5.98. The van der Waals surface area contributed by atoms with Crippen molar-refractivity contribution in [2.45, 2.75) is 25.8 Å². The Morgan fingerprint density at radius 1 is 1.07 bits per heavy atom. The molecule has 4 rings (SSSR count). The van der Waals surface area contributed by atoms with E-state index in [1.54, 1.807) is 30.3 Å². The summed E-state index contributed by atoms with van der Waals surface area (Å²) in [4.78, 5) is 38.1. The third-order valence-electron chi connectivity index (χ3n) is 5.45. The van der Waals surface area contributed by atoms with Crippen LogP contribution in [0.25, 0.3) is 0 Å². The monoisotopic (exact) mass is 365 g/mol. The molecule has 1 aromatic carbocycles. The highest BCUT2D eigenvalue weighted by Crippen LogP contribution is 2.34. The van der Waals surface area contributed by atoms with E-state index in [0.29, 0.717) is 29.6 Å². The number of pyridine rings is 1. The summed E-state index contributed by atoms with van der Waals surface area (Å²) in [5, 5.41) is 2.70. The van der Waals surface area contributed by atoms with Crippen LogP contribution in [-0.4, -0.2) is 40.8 Å². The second-order valence-corrected chi connectivity index (χ2v) is 7.57. The maximum Gasteiger partial charge on any atom is 0.250 e. The molecule has 1 fully saturated rings. The van der Waals surface area contributed by atoms with Crippen molar-refractivity contribution in [1.29, 1.82) is 0 Å². The molecule has 1 saturated heterocycles. The zero-order chi connectivity index (χ0) is 19.0. The molecular weight excluding hydrogens is 342 g/mol. The van der Waals surface area contributed by atoms with Gasteiger partial charge in [0.1, 0.15) is 0 Å². The number of ketones is 1. The van der Waals surface area contributed by atoms with E-state index in [1.807, 2.05) is 16.7 Å². The molecule has 0 saturated carbocycles. The van der Waals surface area contributed by atoms with Crippen molar-refractivity contribution < 1.29 is 9.59 Å². The number of carbonyl (C=O) groups is 2. The van der Waals surface area contributed by atoms with Crippen molar-refractivity contribution in [3.05, 3.63) is 64.1 Å². The van der Waals surface area contributed by atoms with E-state index < -0.39 is 0 Å². The van der Waals surface area contributed by atoms with Gasteiger partial charge in [0.15, 0.2) is 5.78 Å². The Morgan fingerprint density at radius 3 is 2.59 bits per heavy atom. The van der Waals surface area contributed by atoms with Gasteiger partial charge in [0.25, 0.3) is 5.56 Å². The molecule has 1 amide bonds. The third-order valence-corrected chi connectivity index (χ3v) is 5.45. The number of benzene rings is 1. The minimum Gasteiger partial charge on any atom is -0.326 e. The van der Waals surface area contributed by atoms with Crippen LogP contribution in [0.15, 0.2) is 47.3 Å². The summed E-state index contributed by atoms with van der Waals surface area (Å²) in [5.74, 6) is 0.663. The Morgan fingerprint density at radius 2 is 1.85 bits per heavy atom. The summed E-state index contributed by atoms with van der Waals surface area (Å²) in [5.41, 5.74) is 2.51. The molecule has 0 unspecified atom stereocenters. The van der Waals surface area contributed by atoms with Crippen LogP contribution < -0.4 is 10.9 Å². The molecule has 2 aliphatic rings. The number of nitrogens with one attached hydrogen (secondary N) is 1. The lowest BCUT2D eigenvalue weighted by atomic mass is 9.83. The number of aromatic nitrogens is 1. The average Bonchev–Trinajstić information content (AvgIpc) is 2.63. The topological polar surface area (TPSA) is 71.4 Å². The highest BCUT2D eigenvalue weighted by Gasteiger charge is 2.34. The van der Waals surface area contributed by atoms with Crippen LogP contribution in [0.1, 0.15) is 35.3 Å². The lowest BCUT2D eigenvalue weighted by Gasteiger charge is -2.42. The molecule has 2 bridgehead atoms. The first-order valence-corrected chi connectivity index (χ1v) is 9.32. The summed E-state index contributed by atoms with van der Waals surface area (Å²) in [6, 6.07) is 12.5. The van der Waals surface area contributed by atoms with Gasteiger partial charge in [0.05, 0.1) is 6.54 Å². The quantitative estimate of drug-likeness (QED) is 0.843. The Kier molecular flexibility index (Phi) is 4.66. The zero-order valence-corrected chi connectivity index (χ0v) is 15.4. The molecule has 2 aromatic rings. The first-order chi connectivity index (χ1) is 13.0. The number of anilines is 1. The summed E-state index contributed by atoms with van der Waals surface area (Å²) in [7, 11) is 0. The average molecular weight is 365 g/mol. The van der Waals surface area contributed by atoms with Gasteiger partial charge in [-0.25, -0.2) is 0 Å². The van der Waals surface area contributed by atoms with Crippen LogP contribution in [0.4, 0.5) is 5.69 Å². The first-order valence-electron chi connectivity index (χ1n) is 9.32. The van der Waals surface area contributed by atoms with Crippen molar-refractivity contribution >= 4 is 17.4 Å². The molecule has 27 heavy (non-hydrogen) atoms. The predicted octanol–water partition coefficient (Wildman–Crippen LogP) is 2.11.